The average Bonchev–Trinajstić information content (AvgIpc) is 3.28. The van der Waals surface area contributed by atoms with Crippen molar-refractivity contribution in [1.29, 1.82) is 0 Å². The minimum atomic E-state index is 0.701. The fourth-order valence-corrected chi connectivity index (χ4v) is 9.37. The van der Waals surface area contributed by atoms with Crippen LogP contribution in [0.1, 0.15) is 109 Å². The molecule has 0 aromatic heterocycles. The topological polar surface area (TPSA) is 6.48 Å². The van der Waals surface area contributed by atoms with Gasteiger partial charge in [-0.1, -0.05) is 141 Å². The van der Waals surface area contributed by atoms with Gasteiger partial charge in [0, 0.05) is 34.1 Å². The summed E-state index contributed by atoms with van der Waals surface area (Å²) < 4.78 is 0. The van der Waals surface area contributed by atoms with Crippen LogP contribution in [-0.2, 0) is 0 Å². The number of aryl methyl sites for hydroxylation is 2. The highest BCUT2D eigenvalue weighted by Crippen LogP contribution is 2.40. The molecule has 0 aliphatic heterocycles. The smallest absolute Gasteiger partial charge is 0.0468 e. The third-order valence-corrected chi connectivity index (χ3v) is 12.8. The molecule has 58 heavy (non-hydrogen) atoms. The molecule has 0 spiro atoms. The fourth-order valence-electron chi connectivity index (χ4n) is 9.37. The Morgan fingerprint density at radius 2 is 0.690 bits per heavy atom. The van der Waals surface area contributed by atoms with Crippen molar-refractivity contribution < 1.29 is 0 Å². The minimum absolute atomic E-state index is 0.701. The van der Waals surface area contributed by atoms with E-state index in [4.69, 9.17) is 0 Å². The lowest BCUT2D eigenvalue weighted by molar-refractivity contribution is 0.443. The van der Waals surface area contributed by atoms with E-state index in [1.807, 2.05) is 0 Å². The molecule has 0 radical (unpaired) electrons. The van der Waals surface area contributed by atoms with E-state index in [1.54, 1.807) is 0 Å². The molecule has 7 aromatic carbocycles. The van der Waals surface area contributed by atoms with E-state index in [0.29, 0.717) is 11.8 Å². The first-order chi connectivity index (χ1) is 28.5. The van der Waals surface area contributed by atoms with Gasteiger partial charge in [-0.15, -0.1) is 0 Å². The molecule has 0 bridgehead atoms. The number of anilines is 6. The highest BCUT2D eigenvalue weighted by atomic mass is 15.1. The molecular weight excluding hydrogens is 701 g/mol. The van der Waals surface area contributed by atoms with Crippen molar-refractivity contribution >= 4 is 57.0 Å². The van der Waals surface area contributed by atoms with Crippen LogP contribution in [-0.4, -0.2) is 0 Å². The molecule has 2 saturated carbocycles. The Balaban J connectivity index is 0.944. The molecule has 7 aromatic rings. The van der Waals surface area contributed by atoms with Gasteiger partial charge in [-0.3, -0.25) is 0 Å². The Morgan fingerprint density at radius 1 is 0.345 bits per heavy atom. The first-order valence-corrected chi connectivity index (χ1v) is 21.8. The monoisotopic (exact) mass is 756 g/mol. The van der Waals surface area contributed by atoms with Gasteiger partial charge in [-0.25, -0.2) is 0 Å². The Labute approximate surface area is 346 Å². The van der Waals surface area contributed by atoms with Gasteiger partial charge in [-0.05, 0) is 163 Å². The van der Waals surface area contributed by atoms with E-state index in [1.165, 1.54) is 137 Å². The molecule has 2 heteroatoms. The van der Waals surface area contributed by atoms with E-state index in [2.05, 4.69) is 194 Å². The van der Waals surface area contributed by atoms with E-state index in [0.717, 1.165) is 5.69 Å². The second-order valence-corrected chi connectivity index (χ2v) is 16.9. The third-order valence-electron chi connectivity index (χ3n) is 12.8. The van der Waals surface area contributed by atoms with Crippen LogP contribution in [0.25, 0.3) is 22.9 Å². The highest BCUT2D eigenvalue weighted by molar-refractivity contribution is 5.91. The molecule has 9 rings (SSSR count). The molecule has 2 aliphatic carbocycles. The van der Waals surface area contributed by atoms with Gasteiger partial charge in [0.2, 0.25) is 0 Å². The number of hydrogen-bond donors (Lipinski definition) is 0. The first-order valence-electron chi connectivity index (χ1n) is 21.8. The van der Waals surface area contributed by atoms with Crippen LogP contribution in [0.5, 0.6) is 0 Å². The van der Waals surface area contributed by atoms with Crippen LogP contribution in [0, 0.1) is 13.8 Å². The van der Waals surface area contributed by atoms with Gasteiger partial charge in [0.25, 0.3) is 0 Å². The zero-order valence-electron chi connectivity index (χ0n) is 34.3. The third kappa shape index (κ3) is 8.53. The minimum Gasteiger partial charge on any atom is -0.311 e. The Morgan fingerprint density at radius 3 is 1.17 bits per heavy atom. The zero-order chi connectivity index (χ0) is 39.3. The summed E-state index contributed by atoms with van der Waals surface area (Å²) in [4.78, 5) is 4.77. The maximum Gasteiger partial charge on any atom is 0.0468 e. The Hall–Kier alpha value is -5.86. The molecule has 0 amide bonds. The van der Waals surface area contributed by atoms with E-state index >= 15 is 0 Å². The Bertz CT molecular complexity index is 2450. The predicted octanol–water partition coefficient (Wildman–Crippen LogP) is 16.7. The maximum atomic E-state index is 2.40. The fraction of sp³-hybridized carbons (Fsp3) is 0.250. The second-order valence-electron chi connectivity index (χ2n) is 16.9. The molecular formula is C56H56N2. The van der Waals surface area contributed by atoms with E-state index in [-0.39, 0.29) is 0 Å². The van der Waals surface area contributed by atoms with Crippen LogP contribution in [0.2, 0.25) is 0 Å². The molecule has 2 fully saturated rings. The van der Waals surface area contributed by atoms with Gasteiger partial charge < -0.3 is 9.80 Å². The lowest BCUT2D eigenvalue weighted by Crippen LogP contribution is -2.10. The zero-order valence-corrected chi connectivity index (χ0v) is 34.3. The summed E-state index contributed by atoms with van der Waals surface area (Å²) in [5.41, 5.74) is 15.0. The van der Waals surface area contributed by atoms with Crippen molar-refractivity contribution in [3.8, 4) is 0 Å². The van der Waals surface area contributed by atoms with Gasteiger partial charge >= 0.3 is 0 Å². The highest BCUT2D eigenvalue weighted by Gasteiger charge is 2.19. The molecule has 2 nitrogen and oxygen atoms in total. The van der Waals surface area contributed by atoms with Gasteiger partial charge in [0.05, 0.1) is 0 Å². The number of hydrogen-bond acceptors (Lipinski definition) is 2. The summed E-state index contributed by atoms with van der Waals surface area (Å²) in [6, 6.07) is 59.2. The van der Waals surface area contributed by atoms with Crippen LogP contribution in [0.4, 0.5) is 34.1 Å². The number of fused-ring (bicyclic) bond motifs is 1. The molecule has 0 atom stereocenters. The molecule has 290 valence electrons. The molecule has 0 N–H and O–H groups in total. The molecule has 0 unspecified atom stereocenters. The van der Waals surface area contributed by atoms with Crippen molar-refractivity contribution in [3.63, 3.8) is 0 Å². The van der Waals surface area contributed by atoms with Crippen molar-refractivity contribution in [3.05, 3.63) is 191 Å². The standard InChI is InChI=1S/C56H56N2/c1-41-13-28-51(29-14-41)57(54-34-23-47(24-35-54)45-9-5-3-6-10-45)53-32-20-43(21-33-53)17-18-44-19-22-50-40-56(38-27-49(50)39-44)58(52-30-15-42(2)16-31-52)55-36-25-48(26-37-55)46-11-7-4-8-12-46/h13-40,45-46H,3-12H2,1-2H3. The summed E-state index contributed by atoms with van der Waals surface area (Å²) in [7, 11) is 0. The second kappa shape index (κ2) is 17.3. The van der Waals surface area contributed by atoms with Crippen LogP contribution < -0.4 is 9.80 Å². The first kappa shape index (κ1) is 37.7. The summed E-state index contributed by atoms with van der Waals surface area (Å²) in [6.07, 6.45) is 17.9. The number of benzene rings is 7. The molecule has 0 heterocycles. The van der Waals surface area contributed by atoms with Gasteiger partial charge in [0.1, 0.15) is 0 Å². The lowest BCUT2D eigenvalue weighted by atomic mass is 9.84. The summed E-state index contributed by atoms with van der Waals surface area (Å²) in [6.45, 7) is 4.31. The molecule has 2 aliphatic rings. The summed E-state index contributed by atoms with van der Waals surface area (Å²) in [5, 5.41) is 2.47. The van der Waals surface area contributed by atoms with Crippen LogP contribution in [0.3, 0.4) is 0 Å². The van der Waals surface area contributed by atoms with Crippen LogP contribution >= 0.6 is 0 Å². The normalized spacial score (nSPS) is 15.2. The van der Waals surface area contributed by atoms with Crippen molar-refractivity contribution in [2.45, 2.75) is 89.9 Å². The largest absolute Gasteiger partial charge is 0.311 e. The Kier molecular flexibility index (Phi) is 11.3. The summed E-state index contributed by atoms with van der Waals surface area (Å²) >= 11 is 0. The SMILES string of the molecule is Cc1ccc(N(c2ccc(C=Cc3ccc4cc(N(c5ccc(C)cc5)c5ccc(C6CCCCC6)cc5)ccc4c3)cc2)c2ccc(C3CCCCC3)cc2)cc1. The number of nitrogens with zero attached hydrogens (tertiary/aromatic N) is 2. The van der Waals surface area contributed by atoms with E-state index < -0.39 is 0 Å². The molecule has 0 saturated heterocycles. The van der Waals surface area contributed by atoms with Gasteiger partial charge in [-0.2, -0.15) is 0 Å². The van der Waals surface area contributed by atoms with E-state index in [9.17, 15) is 0 Å². The van der Waals surface area contributed by atoms with Crippen molar-refractivity contribution in [1.82, 2.24) is 0 Å². The maximum absolute atomic E-state index is 2.40. The average molecular weight is 757 g/mol. The lowest BCUT2D eigenvalue weighted by Gasteiger charge is -2.27. The quantitative estimate of drug-likeness (QED) is 0.128. The summed E-state index contributed by atoms with van der Waals surface area (Å²) in [5.74, 6) is 1.41. The van der Waals surface area contributed by atoms with Gasteiger partial charge in [0.15, 0.2) is 0 Å². The predicted molar refractivity (Wildman–Crippen MR) is 250 cm³/mol. The number of rotatable bonds is 10. The van der Waals surface area contributed by atoms with Crippen molar-refractivity contribution in [2.75, 3.05) is 9.80 Å². The van der Waals surface area contributed by atoms with Crippen LogP contribution in [0.15, 0.2) is 158 Å². The van der Waals surface area contributed by atoms with Crippen molar-refractivity contribution in [2.24, 2.45) is 0 Å².